The summed E-state index contributed by atoms with van der Waals surface area (Å²) in [5.41, 5.74) is 1.68. The summed E-state index contributed by atoms with van der Waals surface area (Å²) in [6.45, 7) is 4.71. The molecule has 12 heteroatoms. The van der Waals surface area contributed by atoms with Crippen molar-refractivity contribution in [3.8, 4) is 0 Å². The van der Waals surface area contributed by atoms with Crippen molar-refractivity contribution in [1.82, 2.24) is 0 Å². The Morgan fingerprint density at radius 3 is 1.35 bits per heavy atom. The largest absolute Gasteiger partial charge is 0.462 e. The number of benzene rings is 2. The van der Waals surface area contributed by atoms with Crippen LogP contribution in [0.25, 0.3) is 0 Å². The number of unbranched alkanes of at least 4 members (excludes halogenated alkanes) is 2. The van der Waals surface area contributed by atoms with Gasteiger partial charge in [-0.05, 0) is 61.4 Å². The van der Waals surface area contributed by atoms with Crippen molar-refractivity contribution in [3.63, 3.8) is 0 Å². The number of esters is 2. The normalized spacial score (nSPS) is 17.1. The number of anilines is 2. The van der Waals surface area contributed by atoms with Gasteiger partial charge in [0.25, 0.3) is 11.8 Å². The number of thiocarbonyl (C=S) groups is 2. The molecule has 0 bridgehead atoms. The van der Waals surface area contributed by atoms with Crippen LogP contribution in [0.4, 0.5) is 11.4 Å². The number of carbonyl (C=O) groups is 4. The van der Waals surface area contributed by atoms with Gasteiger partial charge >= 0.3 is 11.9 Å². The molecule has 2 aromatic rings. The third kappa shape index (κ3) is 6.46. The minimum atomic E-state index is -0.445. The van der Waals surface area contributed by atoms with E-state index in [1.807, 2.05) is 13.8 Å². The zero-order valence-electron chi connectivity index (χ0n) is 21.8. The average Bonchev–Trinajstić information content (AvgIpc) is 3.41. The van der Waals surface area contributed by atoms with Crippen molar-refractivity contribution in [2.45, 2.75) is 39.5 Å². The van der Waals surface area contributed by atoms with Gasteiger partial charge in [0.15, 0.2) is 8.64 Å². The highest BCUT2D eigenvalue weighted by molar-refractivity contribution is 8.30. The van der Waals surface area contributed by atoms with E-state index in [0.717, 1.165) is 49.2 Å². The Bertz CT molecular complexity index is 1280. The van der Waals surface area contributed by atoms with E-state index in [9.17, 15) is 19.2 Å². The quantitative estimate of drug-likeness (QED) is 0.132. The van der Waals surface area contributed by atoms with Crippen LogP contribution < -0.4 is 9.80 Å². The van der Waals surface area contributed by atoms with E-state index in [-0.39, 0.29) is 18.5 Å². The summed E-state index contributed by atoms with van der Waals surface area (Å²) in [6.07, 6.45) is 3.40. The Balaban J connectivity index is 1.49. The first-order chi connectivity index (χ1) is 19.3. The van der Waals surface area contributed by atoms with Crippen molar-refractivity contribution < 1.29 is 28.7 Å². The third-order valence-corrected chi connectivity index (χ3v) is 8.80. The number of hydrogen-bond donors (Lipinski definition) is 0. The molecule has 208 valence electrons. The Hall–Kier alpha value is -3.06. The SMILES string of the molecule is CCCCOC(=O)c1ccc(N2C(=O)C(=C3SC(=S)N(c4ccc(C(=O)OCCCC)cc4)C3=O)SC2=S)cc1. The highest BCUT2D eigenvalue weighted by Gasteiger charge is 2.43. The summed E-state index contributed by atoms with van der Waals surface area (Å²) in [5, 5.41) is 0. The molecule has 2 amide bonds. The molecule has 2 aromatic carbocycles. The van der Waals surface area contributed by atoms with Gasteiger partial charge in [-0.1, -0.05) is 74.6 Å². The van der Waals surface area contributed by atoms with E-state index in [1.165, 1.54) is 9.80 Å². The lowest BCUT2D eigenvalue weighted by Crippen LogP contribution is -2.29. The Kier molecular flexibility index (Phi) is 10.1. The molecule has 2 fully saturated rings. The van der Waals surface area contributed by atoms with Crippen LogP contribution in [0.1, 0.15) is 60.2 Å². The van der Waals surface area contributed by atoms with E-state index in [1.54, 1.807) is 48.5 Å². The fraction of sp³-hybridized carbons (Fsp3) is 0.286. The summed E-state index contributed by atoms with van der Waals surface area (Å²) in [6, 6.07) is 12.8. The van der Waals surface area contributed by atoms with Crippen LogP contribution in [0.15, 0.2) is 58.3 Å². The number of amides is 2. The van der Waals surface area contributed by atoms with Gasteiger partial charge in [-0.3, -0.25) is 19.4 Å². The van der Waals surface area contributed by atoms with Crippen LogP contribution in [0, 0.1) is 0 Å². The van der Waals surface area contributed by atoms with Gasteiger partial charge in [0.2, 0.25) is 0 Å². The van der Waals surface area contributed by atoms with Crippen LogP contribution in [-0.4, -0.2) is 45.6 Å². The standard InChI is InChI=1S/C28H26N2O6S4/c1-3-5-15-35-25(33)17-7-11-19(12-8-17)29-23(31)21(39-27(29)37)22-24(32)30(28(38)40-22)20-13-9-18(10-14-20)26(34)36-16-6-4-2/h7-14H,3-6,15-16H2,1-2H3. The van der Waals surface area contributed by atoms with E-state index in [2.05, 4.69) is 0 Å². The van der Waals surface area contributed by atoms with Crippen LogP contribution in [0.3, 0.4) is 0 Å². The number of carbonyl (C=O) groups excluding carboxylic acids is 4. The van der Waals surface area contributed by atoms with Crippen molar-refractivity contribution >= 4 is 91.7 Å². The first kappa shape index (κ1) is 29.9. The molecule has 4 rings (SSSR count). The van der Waals surface area contributed by atoms with Crippen LogP contribution >= 0.6 is 48.0 Å². The van der Waals surface area contributed by atoms with Gasteiger partial charge in [-0.15, -0.1) is 0 Å². The molecule has 0 atom stereocenters. The fourth-order valence-corrected chi connectivity index (χ4v) is 6.48. The number of rotatable bonds is 10. The highest BCUT2D eigenvalue weighted by Crippen LogP contribution is 2.44. The first-order valence-electron chi connectivity index (χ1n) is 12.7. The second kappa shape index (κ2) is 13.5. The lowest BCUT2D eigenvalue weighted by atomic mass is 10.2. The van der Waals surface area contributed by atoms with Crippen molar-refractivity contribution in [2.75, 3.05) is 23.0 Å². The second-order valence-electron chi connectivity index (χ2n) is 8.75. The van der Waals surface area contributed by atoms with E-state index in [4.69, 9.17) is 33.9 Å². The molecule has 8 nitrogen and oxygen atoms in total. The predicted octanol–water partition coefficient (Wildman–Crippen LogP) is 6.24. The highest BCUT2D eigenvalue weighted by atomic mass is 32.2. The number of hydrogen-bond acceptors (Lipinski definition) is 10. The van der Waals surface area contributed by atoms with E-state index >= 15 is 0 Å². The van der Waals surface area contributed by atoms with Crippen LogP contribution in [0.2, 0.25) is 0 Å². The van der Waals surface area contributed by atoms with Gasteiger partial charge in [0, 0.05) is 0 Å². The summed E-state index contributed by atoms with van der Waals surface area (Å²) in [7, 11) is 0. The van der Waals surface area contributed by atoms with Crippen molar-refractivity contribution in [1.29, 1.82) is 0 Å². The van der Waals surface area contributed by atoms with Gasteiger partial charge in [-0.25, -0.2) is 9.59 Å². The van der Waals surface area contributed by atoms with Gasteiger partial charge in [-0.2, -0.15) is 0 Å². The molecule has 0 radical (unpaired) electrons. The molecule has 2 heterocycles. The smallest absolute Gasteiger partial charge is 0.338 e. The minimum Gasteiger partial charge on any atom is -0.462 e. The summed E-state index contributed by atoms with van der Waals surface area (Å²) < 4.78 is 11.0. The minimum absolute atomic E-state index is 0.184. The molecule has 2 aliphatic rings. The molecule has 2 saturated heterocycles. The number of thioether (sulfide) groups is 2. The maximum absolute atomic E-state index is 13.4. The van der Waals surface area contributed by atoms with Gasteiger partial charge in [0.05, 0.1) is 45.5 Å². The summed E-state index contributed by atoms with van der Waals surface area (Å²) >= 11 is 13.0. The Labute approximate surface area is 251 Å². The third-order valence-electron chi connectivity index (χ3n) is 5.93. The molecular formula is C28H26N2O6S4. The number of nitrogens with zero attached hydrogens (tertiary/aromatic N) is 2. The van der Waals surface area contributed by atoms with Crippen molar-refractivity contribution in [2.24, 2.45) is 0 Å². The fourth-order valence-electron chi connectivity index (χ4n) is 3.73. The summed E-state index contributed by atoms with van der Waals surface area (Å²) in [5.74, 6) is -1.76. The van der Waals surface area contributed by atoms with E-state index < -0.39 is 23.8 Å². The average molecular weight is 615 g/mol. The lowest BCUT2D eigenvalue weighted by Gasteiger charge is -2.15. The Morgan fingerprint density at radius 2 is 1.02 bits per heavy atom. The molecule has 0 unspecified atom stereocenters. The van der Waals surface area contributed by atoms with Gasteiger partial charge < -0.3 is 9.47 Å². The molecule has 0 N–H and O–H groups in total. The second-order valence-corrected chi connectivity index (χ2v) is 12.0. The first-order valence-corrected chi connectivity index (χ1v) is 15.1. The van der Waals surface area contributed by atoms with E-state index in [0.29, 0.717) is 35.7 Å². The zero-order valence-corrected chi connectivity index (χ0v) is 25.1. The zero-order chi connectivity index (χ0) is 28.8. The molecule has 40 heavy (non-hydrogen) atoms. The number of ether oxygens (including phenoxy) is 2. The molecule has 0 aliphatic carbocycles. The lowest BCUT2D eigenvalue weighted by molar-refractivity contribution is -0.115. The topological polar surface area (TPSA) is 93.2 Å². The maximum atomic E-state index is 13.4. The van der Waals surface area contributed by atoms with Gasteiger partial charge in [0.1, 0.15) is 0 Å². The summed E-state index contributed by atoms with van der Waals surface area (Å²) in [4.78, 5) is 54.3. The van der Waals surface area contributed by atoms with Crippen LogP contribution in [-0.2, 0) is 19.1 Å². The molecule has 0 saturated carbocycles. The molecule has 0 aromatic heterocycles. The monoisotopic (exact) mass is 614 g/mol. The van der Waals surface area contributed by atoms with Crippen LogP contribution in [0.5, 0.6) is 0 Å². The van der Waals surface area contributed by atoms with Crippen molar-refractivity contribution in [3.05, 3.63) is 69.5 Å². The molecular weight excluding hydrogens is 589 g/mol. The molecule has 0 spiro atoms. The maximum Gasteiger partial charge on any atom is 0.338 e. The Morgan fingerprint density at radius 1 is 0.675 bits per heavy atom. The predicted molar refractivity (Wildman–Crippen MR) is 166 cm³/mol. The molecule has 2 aliphatic heterocycles.